The zero-order valence-corrected chi connectivity index (χ0v) is 10.4. The molecular weight excluding hydrogens is 174 g/mol. The van der Waals surface area contributed by atoms with E-state index in [9.17, 15) is 0 Å². The fourth-order valence-electron chi connectivity index (χ4n) is 3.03. The molecule has 1 saturated heterocycles. The summed E-state index contributed by atoms with van der Waals surface area (Å²) >= 11 is 0. The lowest BCUT2D eigenvalue weighted by atomic mass is 9.77. The number of hydrogen-bond acceptors (Lipinski definition) is 2. The van der Waals surface area contributed by atoms with Gasteiger partial charge in [0.1, 0.15) is 0 Å². The number of piperidine rings is 1. The number of hydroxylamine groups is 2. The van der Waals surface area contributed by atoms with E-state index >= 15 is 0 Å². The van der Waals surface area contributed by atoms with E-state index in [1.54, 1.807) is 0 Å². The number of hydrogen-bond donors (Lipinski definition) is 0. The van der Waals surface area contributed by atoms with E-state index in [4.69, 9.17) is 4.84 Å². The van der Waals surface area contributed by atoms with Crippen LogP contribution < -0.4 is 0 Å². The van der Waals surface area contributed by atoms with Crippen LogP contribution in [0.3, 0.4) is 0 Å². The molecule has 1 aliphatic heterocycles. The predicted octanol–water partition coefficient (Wildman–Crippen LogP) is 3.37. The van der Waals surface area contributed by atoms with E-state index in [0.29, 0.717) is 0 Å². The van der Waals surface area contributed by atoms with Gasteiger partial charge in [-0.3, -0.25) is 0 Å². The van der Waals surface area contributed by atoms with Crippen molar-refractivity contribution in [2.45, 2.75) is 70.9 Å². The molecule has 0 unspecified atom stereocenters. The standard InChI is InChI=1S/C12H25NO/c1-6-12(7-2)10-8-9-11(3,4)13(12)14-5/h6-10H2,1-5H3. The zero-order chi connectivity index (χ0) is 10.8. The summed E-state index contributed by atoms with van der Waals surface area (Å²) in [5.74, 6) is 0. The van der Waals surface area contributed by atoms with E-state index in [1.165, 1.54) is 32.1 Å². The normalized spacial score (nSPS) is 26.4. The highest BCUT2D eigenvalue weighted by molar-refractivity contribution is 4.96. The first-order chi connectivity index (χ1) is 6.52. The van der Waals surface area contributed by atoms with E-state index in [2.05, 4.69) is 32.8 Å². The van der Waals surface area contributed by atoms with Crippen LogP contribution in [0.25, 0.3) is 0 Å². The third kappa shape index (κ3) is 1.82. The van der Waals surface area contributed by atoms with Gasteiger partial charge in [-0.25, -0.2) is 0 Å². The molecule has 84 valence electrons. The summed E-state index contributed by atoms with van der Waals surface area (Å²) in [6.45, 7) is 9.12. The molecule has 1 fully saturated rings. The summed E-state index contributed by atoms with van der Waals surface area (Å²) in [7, 11) is 1.81. The topological polar surface area (TPSA) is 12.5 Å². The Bertz CT molecular complexity index is 185. The van der Waals surface area contributed by atoms with Crippen LogP contribution in [0.2, 0.25) is 0 Å². The number of nitrogens with zero attached hydrogens (tertiary/aromatic N) is 1. The van der Waals surface area contributed by atoms with Crippen LogP contribution in [0.5, 0.6) is 0 Å². The summed E-state index contributed by atoms with van der Waals surface area (Å²) in [5, 5.41) is 2.25. The van der Waals surface area contributed by atoms with Gasteiger partial charge in [0.25, 0.3) is 0 Å². The molecule has 2 nitrogen and oxygen atoms in total. The first kappa shape index (κ1) is 12.0. The molecule has 0 spiro atoms. The minimum absolute atomic E-state index is 0.193. The fourth-order valence-corrected chi connectivity index (χ4v) is 3.03. The molecule has 1 heterocycles. The Morgan fingerprint density at radius 1 is 1.14 bits per heavy atom. The molecule has 0 N–H and O–H groups in total. The van der Waals surface area contributed by atoms with Crippen molar-refractivity contribution >= 4 is 0 Å². The molecule has 0 saturated carbocycles. The Balaban J connectivity index is 2.93. The second-order valence-corrected chi connectivity index (χ2v) is 5.07. The van der Waals surface area contributed by atoms with Gasteiger partial charge in [0.15, 0.2) is 0 Å². The minimum atomic E-state index is 0.193. The van der Waals surface area contributed by atoms with E-state index in [1.807, 2.05) is 7.11 Å². The molecule has 0 bridgehead atoms. The maximum absolute atomic E-state index is 5.64. The third-order valence-electron chi connectivity index (χ3n) is 3.91. The highest BCUT2D eigenvalue weighted by Gasteiger charge is 2.45. The summed E-state index contributed by atoms with van der Waals surface area (Å²) in [6.07, 6.45) is 6.20. The van der Waals surface area contributed by atoms with Gasteiger partial charge in [0, 0.05) is 11.1 Å². The third-order valence-corrected chi connectivity index (χ3v) is 3.91. The fraction of sp³-hybridized carbons (Fsp3) is 1.00. The average molecular weight is 199 g/mol. The van der Waals surface area contributed by atoms with Crippen LogP contribution in [0.4, 0.5) is 0 Å². The quantitative estimate of drug-likeness (QED) is 0.691. The minimum Gasteiger partial charge on any atom is -0.301 e. The molecule has 1 aliphatic rings. The molecule has 14 heavy (non-hydrogen) atoms. The molecule has 0 aromatic carbocycles. The Kier molecular flexibility index (Phi) is 3.59. The molecule has 1 rings (SSSR count). The van der Waals surface area contributed by atoms with Crippen molar-refractivity contribution in [2.75, 3.05) is 7.11 Å². The van der Waals surface area contributed by atoms with E-state index in [-0.39, 0.29) is 11.1 Å². The first-order valence-corrected chi connectivity index (χ1v) is 5.87. The van der Waals surface area contributed by atoms with Crippen LogP contribution in [0.1, 0.15) is 59.8 Å². The summed E-state index contributed by atoms with van der Waals surface area (Å²) in [4.78, 5) is 5.64. The van der Waals surface area contributed by atoms with Gasteiger partial charge in [-0.2, -0.15) is 5.06 Å². The number of rotatable bonds is 3. The van der Waals surface area contributed by atoms with Gasteiger partial charge >= 0.3 is 0 Å². The second-order valence-electron chi connectivity index (χ2n) is 5.07. The Morgan fingerprint density at radius 3 is 2.07 bits per heavy atom. The smallest absolute Gasteiger partial charge is 0.0575 e. The molecule has 0 aliphatic carbocycles. The van der Waals surface area contributed by atoms with Gasteiger partial charge < -0.3 is 4.84 Å². The van der Waals surface area contributed by atoms with Crippen LogP contribution in [0.15, 0.2) is 0 Å². The van der Waals surface area contributed by atoms with Crippen LogP contribution in [0, 0.1) is 0 Å². The van der Waals surface area contributed by atoms with Gasteiger partial charge in [0.05, 0.1) is 7.11 Å². The second kappa shape index (κ2) is 4.19. The largest absolute Gasteiger partial charge is 0.301 e. The van der Waals surface area contributed by atoms with Crippen molar-refractivity contribution in [2.24, 2.45) is 0 Å². The van der Waals surface area contributed by atoms with E-state index in [0.717, 1.165) is 0 Å². The lowest BCUT2D eigenvalue weighted by Gasteiger charge is -2.53. The summed E-state index contributed by atoms with van der Waals surface area (Å²) in [5.41, 5.74) is 0.468. The highest BCUT2D eigenvalue weighted by atomic mass is 16.7. The maximum Gasteiger partial charge on any atom is 0.0575 e. The zero-order valence-electron chi connectivity index (χ0n) is 10.4. The lowest BCUT2D eigenvalue weighted by molar-refractivity contribution is -0.275. The Labute approximate surface area is 88.6 Å². The van der Waals surface area contributed by atoms with Crippen LogP contribution in [-0.4, -0.2) is 23.3 Å². The lowest BCUT2D eigenvalue weighted by Crippen LogP contribution is -2.60. The van der Waals surface area contributed by atoms with Crippen molar-refractivity contribution in [3.8, 4) is 0 Å². The molecule has 0 radical (unpaired) electrons. The van der Waals surface area contributed by atoms with Gasteiger partial charge in [-0.15, -0.1) is 0 Å². The van der Waals surface area contributed by atoms with Crippen molar-refractivity contribution in [3.63, 3.8) is 0 Å². The Morgan fingerprint density at radius 2 is 1.71 bits per heavy atom. The van der Waals surface area contributed by atoms with Gasteiger partial charge in [0.2, 0.25) is 0 Å². The van der Waals surface area contributed by atoms with Crippen molar-refractivity contribution in [3.05, 3.63) is 0 Å². The summed E-state index contributed by atoms with van der Waals surface area (Å²) in [6, 6.07) is 0. The molecule has 2 heteroatoms. The van der Waals surface area contributed by atoms with Crippen molar-refractivity contribution < 1.29 is 4.84 Å². The molecule has 0 atom stereocenters. The molecule has 0 aromatic heterocycles. The SMILES string of the molecule is CCC1(CC)CCCC(C)(C)N1OC. The summed E-state index contributed by atoms with van der Waals surface area (Å²) < 4.78 is 0. The Hall–Kier alpha value is -0.0800. The predicted molar refractivity (Wildman–Crippen MR) is 60.1 cm³/mol. The van der Waals surface area contributed by atoms with Crippen LogP contribution >= 0.6 is 0 Å². The highest BCUT2D eigenvalue weighted by Crippen LogP contribution is 2.42. The van der Waals surface area contributed by atoms with E-state index < -0.39 is 0 Å². The first-order valence-electron chi connectivity index (χ1n) is 5.87. The molecular formula is C12H25NO. The van der Waals surface area contributed by atoms with Crippen LogP contribution in [-0.2, 0) is 4.84 Å². The monoisotopic (exact) mass is 199 g/mol. The van der Waals surface area contributed by atoms with Crippen molar-refractivity contribution in [1.82, 2.24) is 5.06 Å². The average Bonchev–Trinajstić information content (AvgIpc) is 2.16. The maximum atomic E-state index is 5.64. The molecule has 0 aromatic rings. The molecule has 0 amide bonds. The van der Waals surface area contributed by atoms with Gasteiger partial charge in [-0.1, -0.05) is 13.8 Å². The van der Waals surface area contributed by atoms with Gasteiger partial charge in [-0.05, 0) is 46.0 Å². The van der Waals surface area contributed by atoms with Crippen molar-refractivity contribution in [1.29, 1.82) is 0 Å².